The molecular weight excluding hydrogens is 394 g/mol. The average Bonchev–Trinajstić information content (AvgIpc) is 3.35. The molecule has 2 N–H and O–H groups in total. The Morgan fingerprint density at radius 1 is 1.00 bits per heavy atom. The molecule has 0 bridgehead atoms. The molecule has 1 aromatic heterocycles. The van der Waals surface area contributed by atoms with Gasteiger partial charge in [0.25, 0.3) is 5.91 Å². The number of rotatable bonds is 5. The average molecular weight is 417 g/mol. The summed E-state index contributed by atoms with van der Waals surface area (Å²) in [6.07, 6.45) is 3.52. The van der Waals surface area contributed by atoms with Crippen LogP contribution >= 0.6 is 0 Å². The number of nitrogens with zero attached hydrogens (tertiary/aromatic N) is 3. The molecule has 1 amide bonds. The Labute approximate surface area is 180 Å². The summed E-state index contributed by atoms with van der Waals surface area (Å²) in [5, 5.41) is 14.4. The van der Waals surface area contributed by atoms with E-state index in [2.05, 4.69) is 25.7 Å². The highest BCUT2D eigenvalue weighted by molar-refractivity contribution is 5.95. The number of carbonyl (C=O) groups is 1. The Morgan fingerprint density at radius 3 is 2.55 bits per heavy atom. The molecule has 1 atom stereocenters. The van der Waals surface area contributed by atoms with Gasteiger partial charge in [-0.1, -0.05) is 12.1 Å². The van der Waals surface area contributed by atoms with Gasteiger partial charge >= 0.3 is 0 Å². The molecule has 1 unspecified atom stereocenters. The van der Waals surface area contributed by atoms with Crippen LogP contribution in [0.3, 0.4) is 0 Å². The smallest absolute Gasteiger partial charge is 0.269 e. The molecule has 5 rings (SSSR count). The van der Waals surface area contributed by atoms with Gasteiger partial charge in [-0.25, -0.2) is 0 Å². The van der Waals surface area contributed by atoms with Crippen LogP contribution in [0.2, 0.25) is 0 Å². The number of hydrogen-bond acceptors (Lipinski definition) is 7. The van der Waals surface area contributed by atoms with Gasteiger partial charge in [0, 0.05) is 30.5 Å². The third kappa shape index (κ3) is 4.37. The minimum atomic E-state index is -0.698. The van der Waals surface area contributed by atoms with Crippen molar-refractivity contribution in [1.82, 2.24) is 10.2 Å². The summed E-state index contributed by atoms with van der Waals surface area (Å²) in [4.78, 5) is 14.9. The topological polar surface area (TPSA) is 88.6 Å². The fourth-order valence-corrected chi connectivity index (χ4v) is 3.72. The number of fused-ring (bicyclic) bond motifs is 1. The first kappa shape index (κ1) is 19.2. The van der Waals surface area contributed by atoms with Crippen LogP contribution in [0.4, 0.5) is 22.9 Å². The van der Waals surface area contributed by atoms with Crippen LogP contribution in [0.25, 0.3) is 0 Å². The van der Waals surface area contributed by atoms with Crippen molar-refractivity contribution in [1.29, 1.82) is 0 Å². The lowest BCUT2D eigenvalue weighted by Crippen LogP contribution is -2.40. The Kier molecular flexibility index (Phi) is 5.26. The van der Waals surface area contributed by atoms with Gasteiger partial charge in [0.1, 0.15) is 6.61 Å². The second-order valence-corrected chi connectivity index (χ2v) is 7.55. The van der Waals surface area contributed by atoms with Gasteiger partial charge in [-0.15, -0.1) is 5.10 Å². The highest BCUT2D eigenvalue weighted by Crippen LogP contribution is 2.31. The van der Waals surface area contributed by atoms with E-state index in [4.69, 9.17) is 9.47 Å². The predicted octanol–water partition coefficient (Wildman–Crippen LogP) is 3.60. The molecular formula is C23H23N5O3. The van der Waals surface area contributed by atoms with Crippen LogP contribution < -0.4 is 25.0 Å². The zero-order valence-corrected chi connectivity index (χ0v) is 17.0. The van der Waals surface area contributed by atoms with Crippen molar-refractivity contribution in [2.45, 2.75) is 18.9 Å². The van der Waals surface area contributed by atoms with Crippen LogP contribution in [-0.4, -0.2) is 41.9 Å². The van der Waals surface area contributed by atoms with Gasteiger partial charge in [-0.05, 0) is 49.2 Å². The molecule has 0 spiro atoms. The zero-order valence-electron chi connectivity index (χ0n) is 17.0. The van der Waals surface area contributed by atoms with Gasteiger partial charge < -0.3 is 25.0 Å². The van der Waals surface area contributed by atoms with E-state index in [9.17, 15) is 4.79 Å². The molecule has 3 heterocycles. The molecule has 31 heavy (non-hydrogen) atoms. The molecule has 2 aromatic carbocycles. The van der Waals surface area contributed by atoms with Crippen molar-refractivity contribution in [3.63, 3.8) is 0 Å². The van der Waals surface area contributed by atoms with Gasteiger partial charge in [0.15, 0.2) is 17.3 Å². The van der Waals surface area contributed by atoms with Crippen molar-refractivity contribution in [2.24, 2.45) is 0 Å². The Bertz CT molecular complexity index is 1070. The predicted molar refractivity (Wildman–Crippen MR) is 118 cm³/mol. The first-order chi connectivity index (χ1) is 15.2. The fraction of sp³-hybridized carbons (Fsp3) is 0.261. The SMILES string of the molecule is O=C(Nc1ccc(Nc2cc(N3CCCC3)cnn2)cc1)C1COc2ccccc2O1. The maximum Gasteiger partial charge on any atom is 0.269 e. The molecule has 2 aliphatic rings. The van der Waals surface area contributed by atoms with Crippen LogP contribution in [0.5, 0.6) is 11.5 Å². The van der Waals surface area contributed by atoms with Crippen molar-refractivity contribution >= 4 is 28.8 Å². The van der Waals surface area contributed by atoms with Gasteiger partial charge in [0.05, 0.1) is 11.9 Å². The Hall–Kier alpha value is -3.81. The molecule has 8 nitrogen and oxygen atoms in total. The number of amides is 1. The lowest BCUT2D eigenvalue weighted by molar-refractivity contribution is -0.125. The lowest BCUT2D eigenvalue weighted by Gasteiger charge is -2.25. The van der Waals surface area contributed by atoms with Crippen molar-refractivity contribution in [3.8, 4) is 11.5 Å². The number of nitrogens with one attached hydrogen (secondary N) is 2. The minimum absolute atomic E-state index is 0.175. The number of aromatic nitrogens is 2. The molecule has 3 aromatic rings. The summed E-state index contributed by atoms with van der Waals surface area (Å²) in [5.41, 5.74) is 2.61. The van der Waals surface area contributed by atoms with Crippen molar-refractivity contribution in [3.05, 3.63) is 60.8 Å². The van der Waals surface area contributed by atoms with Crippen LogP contribution in [-0.2, 0) is 4.79 Å². The van der Waals surface area contributed by atoms with E-state index < -0.39 is 6.10 Å². The van der Waals surface area contributed by atoms with Crippen LogP contribution in [0.15, 0.2) is 60.8 Å². The summed E-state index contributed by atoms with van der Waals surface area (Å²) in [6, 6.07) is 16.8. The highest BCUT2D eigenvalue weighted by Gasteiger charge is 2.27. The summed E-state index contributed by atoms with van der Waals surface area (Å²) in [5.74, 6) is 1.66. The minimum Gasteiger partial charge on any atom is -0.485 e. The molecule has 1 fully saturated rings. The number of anilines is 4. The summed E-state index contributed by atoms with van der Waals surface area (Å²) in [7, 11) is 0. The van der Waals surface area contributed by atoms with Crippen LogP contribution in [0, 0.1) is 0 Å². The molecule has 158 valence electrons. The maximum absolute atomic E-state index is 12.6. The zero-order chi connectivity index (χ0) is 21.0. The normalized spacial score (nSPS) is 17.3. The standard InChI is InChI=1S/C23H23N5O3/c29-23(21-15-30-19-5-1-2-6-20(19)31-21)26-17-9-7-16(8-10-17)25-22-13-18(14-24-27-22)28-11-3-4-12-28/h1-2,5-10,13-14,21H,3-4,11-12,15H2,(H,25,27)(H,26,29). The number of ether oxygens (including phenoxy) is 2. The van der Waals surface area contributed by atoms with E-state index in [1.807, 2.05) is 48.5 Å². The summed E-state index contributed by atoms with van der Waals surface area (Å²) in [6.45, 7) is 2.29. The van der Waals surface area contributed by atoms with E-state index in [0.717, 1.165) is 24.5 Å². The monoisotopic (exact) mass is 417 g/mol. The molecule has 0 radical (unpaired) electrons. The van der Waals surface area contributed by atoms with E-state index >= 15 is 0 Å². The lowest BCUT2D eigenvalue weighted by atomic mass is 10.2. The van der Waals surface area contributed by atoms with Crippen molar-refractivity contribution < 1.29 is 14.3 Å². The Balaban J connectivity index is 1.20. The largest absolute Gasteiger partial charge is 0.485 e. The number of benzene rings is 2. The van der Waals surface area contributed by atoms with Gasteiger partial charge in [0.2, 0.25) is 6.10 Å². The second-order valence-electron chi connectivity index (χ2n) is 7.55. The number of para-hydroxylation sites is 2. The molecule has 8 heteroatoms. The van der Waals surface area contributed by atoms with Crippen LogP contribution in [0.1, 0.15) is 12.8 Å². The van der Waals surface area contributed by atoms with Crippen molar-refractivity contribution in [2.75, 3.05) is 35.2 Å². The maximum atomic E-state index is 12.6. The highest BCUT2D eigenvalue weighted by atomic mass is 16.6. The summed E-state index contributed by atoms with van der Waals surface area (Å²) < 4.78 is 11.4. The van der Waals surface area contributed by atoms with E-state index in [-0.39, 0.29) is 12.5 Å². The third-order valence-corrected chi connectivity index (χ3v) is 5.34. The van der Waals surface area contributed by atoms with E-state index in [1.165, 1.54) is 12.8 Å². The Morgan fingerprint density at radius 2 is 1.74 bits per heavy atom. The number of hydrogen-bond donors (Lipinski definition) is 2. The van der Waals surface area contributed by atoms with E-state index in [1.54, 1.807) is 12.3 Å². The first-order valence-corrected chi connectivity index (χ1v) is 10.4. The third-order valence-electron chi connectivity index (χ3n) is 5.34. The quantitative estimate of drug-likeness (QED) is 0.656. The molecule has 0 saturated carbocycles. The first-order valence-electron chi connectivity index (χ1n) is 10.4. The van der Waals surface area contributed by atoms with E-state index in [0.29, 0.717) is 23.0 Å². The fourth-order valence-electron chi connectivity index (χ4n) is 3.72. The molecule has 2 aliphatic heterocycles. The number of carbonyl (C=O) groups excluding carboxylic acids is 1. The van der Waals surface area contributed by atoms with Gasteiger partial charge in [-0.2, -0.15) is 5.10 Å². The summed E-state index contributed by atoms with van der Waals surface area (Å²) >= 11 is 0. The molecule has 1 saturated heterocycles. The molecule has 0 aliphatic carbocycles. The van der Waals surface area contributed by atoms with Gasteiger partial charge in [-0.3, -0.25) is 4.79 Å². The second kappa shape index (κ2) is 8.51.